The van der Waals surface area contributed by atoms with E-state index >= 15 is 0 Å². The Kier molecular flexibility index (Phi) is 11.7. The number of rotatable bonds is 12. The lowest BCUT2D eigenvalue weighted by Gasteiger charge is -2.33. The number of halogens is 2. The van der Waals surface area contributed by atoms with Crippen molar-refractivity contribution >= 4 is 50.7 Å². The highest BCUT2D eigenvalue weighted by Gasteiger charge is 2.30. The fraction of sp³-hybridized carbons (Fsp3) is 0.533. The number of sulfonamides is 1. The molecule has 0 radical (unpaired) electrons. The molecule has 220 valence electrons. The molecule has 2 amide bonds. The fourth-order valence-electron chi connectivity index (χ4n) is 5.18. The monoisotopic (exact) mass is 609 g/mol. The minimum Gasteiger partial charge on any atom is -0.352 e. The van der Waals surface area contributed by atoms with Gasteiger partial charge in [0.2, 0.25) is 21.8 Å². The van der Waals surface area contributed by atoms with E-state index in [2.05, 4.69) is 5.32 Å². The van der Waals surface area contributed by atoms with E-state index < -0.39 is 16.1 Å². The Balaban J connectivity index is 1.79. The molecule has 2 aromatic carbocycles. The van der Waals surface area contributed by atoms with Gasteiger partial charge >= 0.3 is 0 Å². The third-order valence-electron chi connectivity index (χ3n) is 7.61. The molecular weight excluding hydrogens is 569 g/mol. The number of carbonyl (C=O) groups excluding carboxylic acids is 2. The molecule has 10 heteroatoms. The molecule has 2 aromatic rings. The normalized spacial score (nSPS) is 14.9. The first-order valence-electron chi connectivity index (χ1n) is 14.0. The van der Waals surface area contributed by atoms with Crippen LogP contribution in [-0.2, 0) is 26.2 Å². The number of amides is 2. The highest BCUT2D eigenvalue weighted by atomic mass is 35.5. The summed E-state index contributed by atoms with van der Waals surface area (Å²) < 4.78 is 26.6. The third-order valence-corrected chi connectivity index (χ3v) is 9.54. The Morgan fingerprint density at radius 1 is 1.00 bits per heavy atom. The zero-order valence-corrected chi connectivity index (χ0v) is 26.2. The molecule has 1 atom stereocenters. The Labute approximate surface area is 249 Å². The lowest BCUT2D eigenvalue weighted by molar-refractivity contribution is -0.141. The molecule has 1 N–H and O–H groups in total. The number of carbonyl (C=O) groups is 2. The van der Waals surface area contributed by atoms with Crippen molar-refractivity contribution in [2.45, 2.75) is 90.8 Å². The van der Waals surface area contributed by atoms with E-state index in [0.717, 1.165) is 42.4 Å². The third kappa shape index (κ3) is 8.85. The highest BCUT2D eigenvalue weighted by molar-refractivity contribution is 7.92. The SMILES string of the molecule is CC[C@@H](C(=O)NC1CCCCC1)N(Cc1ccc(Cl)c(Cl)c1)C(=O)CCCN(c1ccc(C)c(C)c1)S(C)(=O)=O. The van der Waals surface area contributed by atoms with Crippen LogP contribution in [0.5, 0.6) is 0 Å². The topological polar surface area (TPSA) is 86.8 Å². The predicted octanol–water partition coefficient (Wildman–Crippen LogP) is 6.41. The van der Waals surface area contributed by atoms with Crippen molar-refractivity contribution in [2.75, 3.05) is 17.1 Å². The van der Waals surface area contributed by atoms with Crippen molar-refractivity contribution in [1.29, 1.82) is 0 Å². The largest absolute Gasteiger partial charge is 0.352 e. The van der Waals surface area contributed by atoms with Gasteiger partial charge in [-0.25, -0.2) is 8.42 Å². The lowest BCUT2D eigenvalue weighted by atomic mass is 9.95. The smallest absolute Gasteiger partial charge is 0.243 e. The molecule has 1 aliphatic carbocycles. The predicted molar refractivity (Wildman–Crippen MR) is 163 cm³/mol. The van der Waals surface area contributed by atoms with Crippen LogP contribution in [0.3, 0.4) is 0 Å². The summed E-state index contributed by atoms with van der Waals surface area (Å²) in [6, 6.07) is 10.2. The van der Waals surface area contributed by atoms with Crippen molar-refractivity contribution in [3.8, 4) is 0 Å². The van der Waals surface area contributed by atoms with Crippen LogP contribution in [0.1, 0.15) is 75.0 Å². The van der Waals surface area contributed by atoms with E-state index in [1.807, 2.05) is 32.9 Å². The van der Waals surface area contributed by atoms with Crippen LogP contribution in [0, 0.1) is 13.8 Å². The first-order chi connectivity index (χ1) is 18.9. The summed E-state index contributed by atoms with van der Waals surface area (Å²) in [6.45, 7) is 6.15. The number of nitrogens with zero attached hydrogens (tertiary/aromatic N) is 2. The van der Waals surface area contributed by atoms with Gasteiger partial charge in [0.25, 0.3) is 0 Å². The molecule has 0 unspecified atom stereocenters. The molecule has 3 rings (SSSR count). The Morgan fingerprint density at radius 3 is 2.30 bits per heavy atom. The van der Waals surface area contributed by atoms with E-state index in [1.165, 1.54) is 17.0 Å². The van der Waals surface area contributed by atoms with Gasteiger partial charge in [-0.15, -0.1) is 0 Å². The van der Waals surface area contributed by atoms with Gasteiger partial charge in [-0.3, -0.25) is 13.9 Å². The standard InChI is InChI=1S/C30H41Cl2N3O4S/c1-5-28(30(37)33-24-10-7-6-8-11-24)34(20-23-14-16-26(31)27(32)19-23)29(36)12-9-17-35(40(4,38)39)25-15-13-21(2)22(3)18-25/h13-16,18-19,24,28H,5-12,17,20H2,1-4H3,(H,33,37)/t28-/m0/s1. The highest BCUT2D eigenvalue weighted by Crippen LogP contribution is 2.26. The van der Waals surface area contributed by atoms with Gasteiger partial charge in [-0.2, -0.15) is 0 Å². The number of hydrogen-bond acceptors (Lipinski definition) is 4. The van der Waals surface area contributed by atoms with E-state index in [0.29, 0.717) is 28.6 Å². The molecule has 0 aromatic heterocycles. The average molecular weight is 611 g/mol. The molecule has 40 heavy (non-hydrogen) atoms. The molecule has 0 heterocycles. The summed E-state index contributed by atoms with van der Waals surface area (Å²) in [7, 11) is -3.56. The molecule has 0 spiro atoms. The van der Waals surface area contributed by atoms with Gasteiger partial charge in [0.15, 0.2) is 0 Å². The second-order valence-corrected chi connectivity index (χ2v) is 13.5. The van der Waals surface area contributed by atoms with Crippen molar-refractivity contribution < 1.29 is 18.0 Å². The van der Waals surface area contributed by atoms with Gasteiger partial charge in [-0.1, -0.05) is 61.5 Å². The molecule has 1 aliphatic rings. The molecule has 7 nitrogen and oxygen atoms in total. The van der Waals surface area contributed by atoms with Crippen LogP contribution >= 0.6 is 23.2 Å². The first-order valence-corrected chi connectivity index (χ1v) is 16.6. The van der Waals surface area contributed by atoms with E-state index in [1.54, 1.807) is 29.2 Å². The van der Waals surface area contributed by atoms with Crippen LogP contribution in [-0.4, -0.2) is 50.0 Å². The summed E-state index contributed by atoms with van der Waals surface area (Å²) in [4.78, 5) is 28.7. The van der Waals surface area contributed by atoms with E-state index in [9.17, 15) is 18.0 Å². The average Bonchev–Trinajstić information content (AvgIpc) is 2.90. The number of nitrogens with one attached hydrogen (secondary N) is 1. The molecule has 0 saturated heterocycles. The summed E-state index contributed by atoms with van der Waals surface area (Å²) in [5, 5.41) is 3.96. The van der Waals surface area contributed by atoms with Gasteiger partial charge in [0.1, 0.15) is 6.04 Å². The quantitative estimate of drug-likeness (QED) is 0.301. The van der Waals surface area contributed by atoms with E-state index in [-0.39, 0.29) is 37.4 Å². The number of aryl methyl sites for hydroxylation is 2. The van der Waals surface area contributed by atoms with Crippen molar-refractivity contribution in [3.05, 3.63) is 63.1 Å². The van der Waals surface area contributed by atoms with Gasteiger partial charge in [0, 0.05) is 25.6 Å². The molecular formula is C30H41Cl2N3O4S. The fourth-order valence-corrected chi connectivity index (χ4v) is 6.46. The van der Waals surface area contributed by atoms with Gasteiger partial charge in [-0.05, 0) is 80.5 Å². The van der Waals surface area contributed by atoms with Gasteiger partial charge in [0.05, 0.1) is 22.0 Å². The summed E-state index contributed by atoms with van der Waals surface area (Å²) in [6.07, 6.45) is 7.26. The number of benzene rings is 2. The second-order valence-electron chi connectivity index (χ2n) is 10.7. The van der Waals surface area contributed by atoms with E-state index in [4.69, 9.17) is 23.2 Å². The van der Waals surface area contributed by atoms with Crippen LogP contribution in [0.25, 0.3) is 0 Å². The maximum absolute atomic E-state index is 13.7. The van der Waals surface area contributed by atoms with Crippen LogP contribution < -0.4 is 9.62 Å². The van der Waals surface area contributed by atoms with Crippen LogP contribution in [0.2, 0.25) is 10.0 Å². The Morgan fingerprint density at radius 2 is 1.70 bits per heavy atom. The first kappa shape index (κ1) is 32.2. The van der Waals surface area contributed by atoms with Gasteiger partial charge < -0.3 is 10.2 Å². The van der Waals surface area contributed by atoms with Crippen molar-refractivity contribution in [1.82, 2.24) is 10.2 Å². The summed E-state index contributed by atoms with van der Waals surface area (Å²) >= 11 is 12.3. The summed E-state index contributed by atoms with van der Waals surface area (Å²) in [5.41, 5.74) is 3.40. The molecule has 0 aliphatic heterocycles. The van der Waals surface area contributed by atoms with Crippen molar-refractivity contribution in [3.63, 3.8) is 0 Å². The summed E-state index contributed by atoms with van der Waals surface area (Å²) in [5.74, 6) is -0.374. The van der Waals surface area contributed by atoms with Crippen LogP contribution in [0.15, 0.2) is 36.4 Å². The zero-order valence-electron chi connectivity index (χ0n) is 23.9. The zero-order chi connectivity index (χ0) is 29.4. The number of hydrogen-bond donors (Lipinski definition) is 1. The number of anilines is 1. The van der Waals surface area contributed by atoms with Crippen LogP contribution in [0.4, 0.5) is 5.69 Å². The maximum atomic E-state index is 13.7. The Bertz CT molecular complexity index is 1300. The Hall–Kier alpha value is -2.29. The lowest BCUT2D eigenvalue weighted by Crippen LogP contribution is -2.51. The van der Waals surface area contributed by atoms with Crippen molar-refractivity contribution in [2.24, 2.45) is 0 Å². The minimum absolute atomic E-state index is 0.0887. The maximum Gasteiger partial charge on any atom is 0.243 e. The molecule has 1 fully saturated rings. The minimum atomic E-state index is -3.56. The molecule has 1 saturated carbocycles. The second kappa shape index (κ2) is 14.6. The molecule has 0 bridgehead atoms.